The number of hydrogen-bond acceptors (Lipinski definition) is 4. The summed E-state index contributed by atoms with van der Waals surface area (Å²) in [5.41, 5.74) is 4.65. The fourth-order valence-electron chi connectivity index (χ4n) is 4.06. The number of nitrogens with zero attached hydrogens (tertiary/aromatic N) is 1. The molecule has 1 saturated heterocycles. The fraction of sp³-hybridized carbons (Fsp3) is 0.269. The van der Waals surface area contributed by atoms with Crippen molar-refractivity contribution in [2.45, 2.75) is 26.3 Å². The molecule has 3 aromatic carbocycles. The van der Waals surface area contributed by atoms with E-state index in [1.807, 2.05) is 55.5 Å². The van der Waals surface area contributed by atoms with Gasteiger partial charge in [-0.25, -0.2) is 0 Å². The number of anilines is 4. The second-order valence-corrected chi connectivity index (χ2v) is 9.75. The van der Waals surface area contributed by atoms with Crippen molar-refractivity contribution in [2.75, 3.05) is 35.2 Å². The highest BCUT2D eigenvalue weighted by Crippen LogP contribution is 2.32. The van der Waals surface area contributed by atoms with Crippen molar-refractivity contribution in [3.63, 3.8) is 0 Å². The molecule has 5 nitrogen and oxygen atoms in total. The van der Waals surface area contributed by atoms with Crippen molar-refractivity contribution in [3.8, 4) is 0 Å². The molecule has 3 aromatic rings. The number of carbonyl (C=O) groups excluding carboxylic acids is 1. The Labute approximate surface area is 205 Å². The topological polar surface area (TPSA) is 56.4 Å². The molecule has 7 heteroatoms. The van der Waals surface area contributed by atoms with Crippen LogP contribution in [-0.2, 0) is 0 Å². The summed E-state index contributed by atoms with van der Waals surface area (Å²) in [6.07, 6.45) is 0. The first-order chi connectivity index (χ1) is 15.7. The van der Waals surface area contributed by atoms with E-state index >= 15 is 0 Å². The van der Waals surface area contributed by atoms with E-state index in [1.165, 1.54) is 0 Å². The van der Waals surface area contributed by atoms with Crippen LogP contribution in [0, 0.1) is 6.92 Å². The summed E-state index contributed by atoms with van der Waals surface area (Å²) in [6.45, 7) is 8.95. The van der Waals surface area contributed by atoms with Gasteiger partial charge in [-0.2, -0.15) is 0 Å². The average Bonchev–Trinajstić information content (AvgIpc) is 2.76. The van der Waals surface area contributed by atoms with E-state index in [9.17, 15) is 4.79 Å². The molecule has 0 unspecified atom stereocenters. The van der Waals surface area contributed by atoms with Crippen LogP contribution in [0.15, 0.2) is 60.7 Å². The standard InChI is InChI=1S/C26H28Cl2N4O/c1-17-20(27)8-6-10-22(17)31-23-9-5-4-7-19(23)25(33)30-18-11-12-24(21(28)15-18)32-14-13-29-26(2,3)16-32/h4-12,15,29,31H,13-14,16H2,1-3H3,(H,30,33). The van der Waals surface area contributed by atoms with Crippen LogP contribution in [0.3, 0.4) is 0 Å². The molecule has 1 aliphatic rings. The van der Waals surface area contributed by atoms with E-state index in [0.29, 0.717) is 27.0 Å². The number of rotatable bonds is 5. The van der Waals surface area contributed by atoms with E-state index in [0.717, 1.165) is 36.6 Å². The van der Waals surface area contributed by atoms with Crippen LogP contribution in [0.25, 0.3) is 0 Å². The summed E-state index contributed by atoms with van der Waals surface area (Å²) in [4.78, 5) is 15.4. The van der Waals surface area contributed by atoms with Gasteiger partial charge in [0.05, 0.1) is 22.0 Å². The molecule has 1 aliphatic heterocycles. The molecule has 4 rings (SSSR count). The summed E-state index contributed by atoms with van der Waals surface area (Å²) < 4.78 is 0. The van der Waals surface area contributed by atoms with Gasteiger partial charge in [-0.05, 0) is 68.8 Å². The van der Waals surface area contributed by atoms with Crippen LogP contribution >= 0.6 is 23.2 Å². The smallest absolute Gasteiger partial charge is 0.257 e. The van der Waals surface area contributed by atoms with E-state index in [1.54, 1.807) is 12.1 Å². The molecular weight excluding hydrogens is 455 g/mol. The van der Waals surface area contributed by atoms with Crippen LogP contribution in [0.1, 0.15) is 29.8 Å². The Kier molecular flexibility index (Phi) is 6.84. The quantitative estimate of drug-likeness (QED) is 0.389. The minimum absolute atomic E-state index is 0.0203. The predicted molar refractivity (Wildman–Crippen MR) is 140 cm³/mol. The van der Waals surface area contributed by atoms with E-state index < -0.39 is 0 Å². The van der Waals surface area contributed by atoms with Crippen molar-refractivity contribution in [3.05, 3.63) is 81.8 Å². The molecule has 172 valence electrons. The Morgan fingerprint density at radius 1 is 1.00 bits per heavy atom. The van der Waals surface area contributed by atoms with Gasteiger partial charge in [0.1, 0.15) is 0 Å². The van der Waals surface area contributed by atoms with Gasteiger partial charge in [0, 0.05) is 41.6 Å². The first kappa shape index (κ1) is 23.4. The third-order valence-electron chi connectivity index (χ3n) is 5.83. The molecule has 0 aromatic heterocycles. The minimum Gasteiger partial charge on any atom is -0.367 e. The fourth-order valence-corrected chi connectivity index (χ4v) is 4.54. The molecule has 1 amide bonds. The Hall–Kier alpha value is -2.73. The van der Waals surface area contributed by atoms with Crippen molar-refractivity contribution >= 4 is 51.9 Å². The Morgan fingerprint density at radius 3 is 2.52 bits per heavy atom. The zero-order valence-electron chi connectivity index (χ0n) is 19.0. The number of benzene rings is 3. The van der Waals surface area contributed by atoms with Gasteiger partial charge in [-0.3, -0.25) is 4.79 Å². The highest BCUT2D eigenvalue weighted by molar-refractivity contribution is 6.33. The summed E-state index contributed by atoms with van der Waals surface area (Å²) in [5, 5.41) is 11.1. The number of amides is 1. The molecule has 33 heavy (non-hydrogen) atoms. The molecule has 0 radical (unpaired) electrons. The van der Waals surface area contributed by atoms with Gasteiger partial charge in [-0.15, -0.1) is 0 Å². The number of hydrogen-bond donors (Lipinski definition) is 3. The second kappa shape index (κ2) is 9.64. The summed E-state index contributed by atoms with van der Waals surface area (Å²) in [6, 6.07) is 18.7. The van der Waals surface area contributed by atoms with Gasteiger partial charge in [0.25, 0.3) is 5.91 Å². The van der Waals surface area contributed by atoms with Crippen LogP contribution in [0.2, 0.25) is 10.0 Å². The molecule has 1 heterocycles. The Morgan fingerprint density at radius 2 is 1.76 bits per heavy atom. The molecular formula is C26H28Cl2N4O. The first-order valence-corrected chi connectivity index (χ1v) is 11.7. The minimum atomic E-state index is -0.218. The highest BCUT2D eigenvalue weighted by Gasteiger charge is 2.27. The summed E-state index contributed by atoms with van der Waals surface area (Å²) in [5.74, 6) is -0.218. The largest absolute Gasteiger partial charge is 0.367 e. The molecule has 0 spiro atoms. The van der Waals surface area contributed by atoms with Crippen molar-refractivity contribution in [2.24, 2.45) is 0 Å². The van der Waals surface area contributed by atoms with Crippen LogP contribution in [0.5, 0.6) is 0 Å². The molecule has 0 aliphatic carbocycles. The molecule has 3 N–H and O–H groups in total. The van der Waals surface area contributed by atoms with Crippen LogP contribution in [0.4, 0.5) is 22.7 Å². The lowest BCUT2D eigenvalue weighted by Gasteiger charge is -2.40. The van der Waals surface area contributed by atoms with Crippen molar-refractivity contribution in [1.29, 1.82) is 0 Å². The Balaban J connectivity index is 1.52. The SMILES string of the molecule is Cc1c(Cl)cccc1Nc1ccccc1C(=O)Nc1ccc(N2CCNC(C)(C)C2)c(Cl)c1. The normalized spacial score (nSPS) is 15.2. The summed E-state index contributed by atoms with van der Waals surface area (Å²) >= 11 is 12.9. The number of halogens is 2. The molecule has 0 atom stereocenters. The molecule has 0 saturated carbocycles. The maximum absolute atomic E-state index is 13.1. The number of para-hydroxylation sites is 1. The number of piperazine rings is 1. The van der Waals surface area contributed by atoms with Crippen LogP contribution < -0.4 is 20.9 Å². The van der Waals surface area contributed by atoms with E-state index in [2.05, 4.69) is 34.7 Å². The lowest BCUT2D eigenvalue weighted by molar-refractivity contribution is 0.102. The van der Waals surface area contributed by atoms with Gasteiger partial charge in [0.2, 0.25) is 0 Å². The lowest BCUT2D eigenvalue weighted by Crippen LogP contribution is -2.57. The monoisotopic (exact) mass is 482 g/mol. The van der Waals surface area contributed by atoms with E-state index in [-0.39, 0.29) is 11.4 Å². The maximum Gasteiger partial charge on any atom is 0.257 e. The number of nitrogens with one attached hydrogen (secondary N) is 3. The second-order valence-electron chi connectivity index (χ2n) is 8.94. The third-order valence-corrected chi connectivity index (χ3v) is 6.54. The van der Waals surface area contributed by atoms with Crippen molar-refractivity contribution < 1.29 is 4.79 Å². The lowest BCUT2D eigenvalue weighted by atomic mass is 10.0. The predicted octanol–water partition coefficient (Wildman–Crippen LogP) is 6.49. The van der Waals surface area contributed by atoms with E-state index in [4.69, 9.17) is 23.2 Å². The van der Waals surface area contributed by atoms with Gasteiger partial charge < -0.3 is 20.9 Å². The van der Waals surface area contributed by atoms with Crippen LogP contribution in [-0.4, -0.2) is 31.1 Å². The zero-order valence-corrected chi connectivity index (χ0v) is 20.5. The summed E-state index contributed by atoms with van der Waals surface area (Å²) in [7, 11) is 0. The molecule has 0 bridgehead atoms. The highest BCUT2D eigenvalue weighted by atomic mass is 35.5. The van der Waals surface area contributed by atoms with Gasteiger partial charge in [0.15, 0.2) is 0 Å². The van der Waals surface area contributed by atoms with Crippen molar-refractivity contribution in [1.82, 2.24) is 5.32 Å². The molecule has 1 fully saturated rings. The van der Waals surface area contributed by atoms with Gasteiger partial charge in [-0.1, -0.05) is 41.4 Å². The van der Waals surface area contributed by atoms with Gasteiger partial charge >= 0.3 is 0 Å². The zero-order chi connectivity index (χ0) is 23.6. The first-order valence-electron chi connectivity index (χ1n) is 11.0. The Bertz CT molecular complexity index is 1180. The third kappa shape index (κ3) is 5.44. The average molecular weight is 483 g/mol. The maximum atomic E-state index is 13.1. The number of carbonyl (C=O) groups is 1.